The van der Waals surface area contributed by atoms with Gasteiger partial charge in [-0.3, -0.25) is 4.79 Å². The van der Waals surface area contributed by atoms with Crippen LogP contribution in [-0.2, 0) is 4.74 Å². The van der Waals surface area contributed by atoms with Crippen LogP contribution in [0.4, 0.5) is 0 Å². The average Bonchev–Trinajstić information content (AvgIpc) is 3.16. The summed E-state index contributed by atoms with van der Waals surface area (Å²) in [6, 6.07) is 9.50. The molecule has 0 radical (unpaired) electrons. The molecule has 1 amide bonds. The number of amides is 1. The van der Waals surface area contributed by atoms with Gasteiger partial charge in [0, 0.05) is 43.7 Å². The number of rotatable bonds is 5. The van der Waals surface area contributed by atoms with Crippen LogP contribution in [0.25, 0.3) is 16.8 Å². The molecule has 1 aliphatic heterocycles. The highest BCUT2D eigenvalue weighted by molar-refractivity contribution is 5.94. The molecule has 0 spiro atoms. The van der Waals surface area contributed by atoms with Crippen LogP contribution in [0.15, 0.2) is 48.9 Å². The molecular weight excluding hydrogens is 340 g/mol. The number of fused-ring (bicyclic) bond motifs is 1. The molecule has 0 aliphatic carbocycles. The van der Waals surface area contributed by atoms with Crippen molar-refractivity contribution >= 4 is 11.6 Å². The molecule has 3 heterocycles. The molecule has 140 valence electrons. The quantitative estimate of drug-likeness (QED) is 0.696. The number of carbonyl (C=O) groups excluding carboxylic acids is 1. The molecule has 3 aromatic rings. The summed E-state index contributed by atoms with van der Waals surface area (Å²) in [4.78, 5) is 18.9. The van der Waals surface area contributed by atoms with Gasteiger partial charge in [0.15, 0.2) is 5.65 Å². The second kappa shape index (κ2) is 7.88. The van der Waals surface area contributed by atoms with Gasteiger partial charge in [0.05, 0.1) is 12.3 Å². The molecule has 2 aromatic heterocycles. The van der Waals surface area contributed by atoms with Crippen molar-refractivity contribution < 1.29 is 9.53 Å². The second-order valence-corrected chi connectivity index (χ2v) is 7.03. The minimum absolute atomic E-state index is 0.0374. The first-order valence-corrected chi connectivity index (χ1v) is 9.48. The molecule has 4 rings (SSSR count). The third kappa shape index (κ3) is 3.85. The van der Waals surface area contributed by atoms with Crippen molar-refractivity contribution in [1.82, 2.24) is 19.5 Å². The van der Waals surface area contributed by atoms with E-state index in [4.69, 9.17) is 4.74 Å². The summed E-state index contributed by atoms with van der Waals surface area (Å²) in [7, 11) is 1.86. The second-order valence-electron chi connectivity index (χ2n) is 7.03. The van der Waals surface area contributed by atoms with Gasteiger partial charge in [0.2, 0.25) is 0 Å². The third-order valence-electron chi connectivity index (χ3n) is 5.13. The van der Waals surface area contributed by atoms with E-state index in [0.29, 0.717) is 18.2 Å². The van der Waals surface area contributed by atoms with Crippen molar-refractivity contribution in [3.05, 3.63) is 54.5 Å². The van der Waals surface area contributed by atoms with E-state index in [2.05, 4.69) is 10.1 Å². The molecule has 1 aliphatic rings. The van der Waals surface area contributed by atoms with Crippen molar-refractivity contribution in [3.8, 4) is 11.1 Å². The minimum Gasteiger partial charge on any atom is -0.378 e. The lowest BCUT2D eigenvalue weighted by Crippen LogP contribution is -2.31. The van der Waals surface area contributed by atoms with Crippen LogP contribution >= 0.6 is 0 Å². The number of ether oxygens (including phenoxy) is 1. The van der Waals surface area contributed by atoms with E-state index in [9.17, 15) is 4.79 Å². The van der Waals surface area contributed by atoms with E-state index in [1.165, 1.54) is 6.42 Å². The molecule has 0 unspecified atom stereocenters. The molecule has 0 bridgehead atoms. The SMILES string of the molecule is CN(CC[C@@H]1CCCCO1)C(=O)c1ccc(-c2cnn3cccnc23)cc1. The van der Waals surface area contributed by atoms with Gasteiger partial charge in [-0.2, -0.15) is 5.10 Å². The number of nitrogens with zero attached hydrogens (tertiary/aromatic N) is 4. The topological polar surface area (TPSA) is 59.7 Å². The van der Waals surface area contributed by atoms with Gasteiger partial charge < -0.3 is 9.64 Å². The third-order valence-corrected chi connectivity index (χ3v) is 5.13. The average molecular weight is 364 g/mol. The lowest BCUT2D eigenvalue weighted by molar-refractivity contribution is 0.00709. The fourth-order valence-corrected chi connectivity index (χ4v) is 3.52. The van der Waals surface area contributed by atoms with Crippen molar-refractivity contribution in [2.24, 2.45) is 0 Å². The van der Waals surface area contributed by atoms with Gasteiger partial charge in [-0.25, -0.2) is 9.50 Å². The Morgan fingerprint density at radius 1 is 1.30 bits per heavy atom. The molecule has 1 saturated heterocycles. The van der Waals surface area contributed by atoms with Crippen LogP contribution in [0, 0.1) is 0 Å². The maximum absolute atomic E-state index is 12.7. The zero-order chi connectivity index (χ0) is 18.6. The van der Waals surface area contributed by atoms with E-state index in [1.54, 1.807) is 21.8 Å². The maximum atomic E-state index is 12.7. The first-order valence-electron chi connectivity index (χ1n) is 9.48. The first kappa shape index (κ1) is 17.7. The van der Waals surface area contributed by atoms with Crippen LogP contribution in [0.2, 0.25) is 0 Å². The lowest BCUT2D eigenvalue weighted by atomic mass is 10.0. The summed E-state index contributed by atoms with van der Waals surface area (Å²) in [5.74, 6) is 0.0374. The summed E-state index contributed by atoms with van der Waals surface area (Å²) < 4.78 is 7.50. The van der Waals surface area contributed by atoms with Crippen molar-refractivity contribution in [2.75, 3.05) is 20.2 Å². The highest BCUT2D eigenvalue weighted by Gasteiger charge is 2.17. The molecule has 0 N–H and O–H groups in total. The van der Waals surface area contributed by atoms with E-state index in [1.807, 2.05) is 43.6 Å². The lowest BCUT2D eigenvalue weighted by Gasteiger charge is -2.25. The Labute approximate surface area is 158 Å². The fourth-order valence-electron chi connectivity index (χ4n) is 3.52. The molecule has 6 heteroatoms. The zero-order valence-electron chi connectivity index (χ0n) is 15.5. The summed E-state index contributed by atoms with van der Waals surface area (Å²) in [6.45, 7) is 1.56. The maximum Gasteiger partial charge on any atom is 0.253 e. The predicted octanol–water partition coefficient (Wildman–Crippen LogP) is 3.43. The van der Waals surface area contributed by atoms with Crippen LogP contribution < -0.4 is 0 Å². The fraction of sp³-hybridized carbons (Fsp3) is 0.381. The van der Waals surface area contributed by atoms with Crippen LogP contribution in [0.3, 0.4) is 0 Å². The number of hydrogen-bond acceptors (Lipinski definition) is 4. The van der Waals surface area contributed by atoms with Gasteiger partial charge in [-0.15, -0.1) is 0 Å². The molecule has 1 aromatic carbocycles. The van der Waals surface area contributed by atoms with E-state index >= 15 is 0 Å². The van der Waals surface area contributed by atoms with Crippen LogP contribution in [0.5, 0.6) is 0 Å². The standard InChI is InChI=1S/C21H24N4O2/c1-24(13-10-18-5-2-3-14-27-18)21(26)17-8-6-16(7-9-17)19-15-23-25-12-4-11-22-20(19)25/h4,6-9,11-12,15,18H,2-3,5,10,13-14H2,1H3/t18-/m0/s1. The highest BCUT2D eigenvalue weighted by Crippen LogP contribution is 2.23. The molecule has 27 heavy (non-hydrogen) atoms. The smallest absolute Gasteiger partial charge is 0.253 e. The van der Waals surface area contributed by atoms with Crippen molar-refractivity contribution in [3.63, 3.8) is 0 Å². The molecule has 0 saturated carbocycles. The predicted molar refractivity (Wildman–Crippen MR) is 104 cm³/mol. The highest BCUT2D eigenvalue weighted by atomic mass is 16.5. The van der Waals surface area contributed by atoms with Crippen LogP contribution in [-0.4, -0.2) is 51.7 Å². The van der Waals surface area contributed by atoms with Gasteiger partial charge in [0.25, 0.3) is 5.91 Å². The Hall–Kier alpha value is -2.73. The molecule has 1 fully saturated rings. The number of aromatic nitrogens is 3. The Kier molecular flexibility index (Phi) is 5.16. The van der Waals surface area contributed by atoms with Gasteiger partial charge in [-0.1, -0.05) is 12.1 Å². The Balaban J connectivity index is 1.42. The van der Waals surface area contributed by atoms with Crippen molar-refractivity contribution in [2.45, 2.75) is 31.8 Å². The Morgan fingerprint density at radius 2 is 2.15 bits per heavy atom. The van der Waals surface area contributed by atoms with Gasteiger partial charge in [-0.05, 0) is 49.4 Å². The number of benzene rings is 1. The minimum atomic E-state index is 0.0374. The number of carbonyl (C=O) groups is 1. The summed E-state index contributed by atoms with van der Waals surface area (Å²) in [5, 5.41) is 4.32. The normalized spacial score (nSPS) is 17.1. The zero-order valence-corrected chi connectivity index (χ0v) is 15.5. The Bertz CT molecular complexity index is 913. The number of hydrogen-bond donors (Lipinski definition) is 0. The monoisotopic (exact) mass is 364 g/mol. The summed E-state index contributed by atoms with van der Waals surface area (Å²) >= 11 is 0. The molecule has 6 nitrogen and oxygen atoms in total. The van der Waals surface area contributed by atoms with Crippen molar-refractivity contribution in [1.29, 1.82) is 0 Å². The van der Waals surface area contributed by atoms with E-state index in [0.717, 1.165) is 42.6 Å². The van der Waals surface area contributed by atoms with E-state index in [-0.39, 0.29) is 5.91 Å². The van der Waals surface area contributed by atoms with Gasteiger partial charge in [0.1, 0.15) is 0 Å². The van der Waals surface area contributed by atoms with Gasteiger partial charge >= 0.3 is 0 Å². The molecule has 1 atom stereocenters. The largest absolute Gasteiger partial charge is 0.378 e. The molecular formula is C21H24N4O2. The van der Waals surface area contributed by atoms with Crippen LogP contribution in [0.1, 0.15) is 36.0 Å². The summed E-state index contributed by atoms with van der Waals surface area (Å²) in [5.41, 5.74) is 3.45. The summed E-state index contributed by atoms with van der Waals surface area (Å²) in [6.07, 6.45) is 10.1. The first-order chi connectivity index (χ1) is 13.2. The van der Waals surface area contributed by atoms with E-state index < -0.39 is 0 Å². The Morgan fingerprint density at radius 3 is 2.93 bits per heavy atom.